The molecule has 1 amide bonds. The molecule has 0 aromatic rings. The molecule has 0 heterocycles. The molecule has 0 aromatic heterocycles. The Bertz CT molecular complexity index is 75.3. The third-order valence-corrected chi connectivity index (χ3v) is 1.38. The van der Waals surface area contributed by atoms with E-state index in [1.54, 1.807) is 0 Å². The molecule has 42 valence electrons. The van der Waals surface area contributed by atoms with Gasteiger partial charge in [0.1, 0.15) is 0 Å². The molecule has 0 saturated heterocycles. The number of hydrogen-bond donors (Lipinski definition) is 2. The summed E-state index contributed by atoms with van der Waals surface area (Å²) in [5.41, 5.74) is 0. The standard InChI is InChI=1S/C3H7NOS2/c1-2-4(7)3(5)6/h7H,2H2,1H3,(H,5,6). The minimum absolute atomic E-state index is 0.314. The largest absolute Gasteiger partial charge is 0.288 e. The van der Waals surface area contributed by atoms with E-state index in [1.807, 2.05) is 6.92 Å². The minimum Gasteiger partial charge on any atom is -0.280 e. The van der Waals surface area contributed by atoms with Gasteiger partial charge >= 0.3 is 0 Å². The Morgan fingerprint density at radius 1 is 1.86 bits per heavy atom. The van der Waals surface area contributed by atoms with Crippen LogP contribution in [0.4, 0.5) is 4.79 Å². The summed E-state index contributed by atoms with van der Waals surface area (Å²) in [5, 5.41) is -0.314. The van der Waals surface area contributed by atoms with Gasteiger partial charge in [-0.05, 0) is 6.92 Å². The van der Waals surface area contributed by atoms with E-state index in [9.17, 15) is 4.79 Å². The molecule has 0 atom stereocenters. The van der Waals surface area contributed by atoms with Crippen LogP contribution in [0.15, 0.2) is 0 Å². The zero-order valence-corrected chi connectivity index (χ0v) is 5.75. The number of nitrogens with zero attached hydrogens (tertiary/aromatic N) is 1. The summed E-state index contributed by atoms with van der Waals surface area (Å²) in [5.74, 6) is 0. The van der Waals surface area contributed by atoms with E-state index in [2.05, 4.69) is 25.4 Å². The van der Waals surface area contributed by atoms with E-state index in [0.717, 1.165) is 0 Å². The van der Waals surface area contributed by atoms with Crippen LogP contribution in [0.1, 0.15) is 6.92 Å². The Balaban J connectivity index is 3.34. The molecular formula is C3H7NOS2. The number of amides is 1. The molecular weight excluding hydrogens is 130 g/mol. The summed E-state index contributed by atoms with van der Waals surface area (Å²) in [6, 6.07) is 0. The molecule has 0 saturated carbocycles. The quantitative estimate of drug-likeness (QED) is 0.520. The predicted octanol–water partition coefficient (Wildman–Crippen LogP) is 1.20. The van der Waals surface area contributed by atoms with E-state index in [0.29, 0.717) is 6.54 Å². The van der Waals surface area contributed by atoms with Gasteiger partial charge in [-0.3, -0.25) is 9.10 Å². The van der Waals surface area contributed by atoms with Gasteiger partial charge in [-0.25, -0.2) is 0 Å². The highest BCUT2D eigenvalue weighted by atomic mass is 32.1. The van der Waals surface area contributed by atoms with Crippen LogP contribution < -0.4 is 0 Å². The highest BCUT2D eigenvalue weighted by molar-refractivity contribution is 7.98. The molecule has 0 aliphatic rings. The summed E-state index contributed by atoms with van der Waals surface area (Å²) in [7, 11) is 0. The molecule has 0 rings (SSSR count). The summed E-state index contributed by atoms with van der Waals surface area (Å²) in [6.07, 6.45) is 0. The van der Waals surface area contributed by atoms with E-state index in [1.165, 1.54) is 4.31 Å². The highest BCUT2D eigenvalue weighted by Crippen LogP contribution is 1.96. The second-order valence-electron chi connectivity index (χ2n) is 0.998. The van der Waals surface area contributed by atoms with Crippen molar-refractivity contribution in [3.8, 4) is 0 Å². The van der Waals surface area contributed by atoms with Gasteiger partial charge in [0.15, 0.2) is 0 Å². The fourth-order valence-electron chi connectivity index (χ4n) is 0.135. The van der Waals surface area contributed by atoms with Gasteiger partial charge in [0.2, 0.25) is 0 Å². The predicted molar refractivity (Wildman–Crippen MR) is 35.7 cm³/mol. The monoisotopic (exact) mass is 137 g/mol. The zero-order valence-electron chi connectivity index (χ0n) is 3.96. The summed E-state index contributed by atoms with van der Waals surface area (Å²) < 4.78 is 1.21. The Kier molecular flexibility index (Phi) is 3.29. The highest BCUT2D eigenvalue weighted by Gasteiger charge is 1.96. The van der Waals surface area contributed by atoms with Crippen molar-refractivity contribution in [2.24, 2.45) is 0 Å². The van der Waals surface area contributed by atoms with E-state index in [4.69, 9.17) is 0 Å². The first-order valence-electron chi connectivity index (χ1n) is 1.87. The fraction of sp³-hybridized carbons (Fsp3) is 0.667. The van der Waals surface area contributed by atoms with Crippen LogP contribution in [0.3, 0.4) is 0 Å². The van der Waals surface area contributed by atoms with Gasteiger partial charge in [0.25, 0.3) is 5.24 Å². The van der Waals surface area contributed by atoms with Gasteiger partial charge in [-0.1, -0.05) is 25.4 Å². The molecule has 0 aliphatic carbocycles. The van der Waals surface area contributed by atoms with Crippen LogP contribution >= 0.6 is 25.4 Å². The molecule has 4 heteroatoms. The van der Waals surface area contributed by atoms with Crippen LogP contribution in [-0.4, -0.2) is 16.1 Å². The molecule has 0 aliphatic heterocycles. The Labute approximate surface area is 53.8 Å². The summed E-state index contributed by atoms with van der Waals surface area (Å²) in [6.45, 7) is 2.41. The van der Waals surface area contributed by atoms with Crippen LogP contribution in [-0.2, 0) is 0 Å². The molecule has 2 nitrogen and oxygen atoms in total. The third-order valence-electron chi connectivity index (χ3n) is 0.520. The topological polar surface area (TPSA) is 20.3 Å². The van der Waals surface area contributed by atoms with Crippen LogP contribution in [0, 0.1) is 0 Å². The second kappa shape index (κ2) is 3.21. The van der Waals surface area contributed by atoms with Gasteiger partial charge in [-0.15, -0.1) is 0 Å². The molecule has 0 spiro atoms. The number of rotatable bonds is 1. The number of thiol groups is 2. The first-order chi connectivity index (χ1) is 3.18. The Morgan fingerprint density at radius 2 is 2.29 bits per heavy atom. The molecule has 0 aromatic carbocycles. The van der Waals surface area contributed by atoms with Crippen LogP contribution in [0.25, 0.3) is 0 Å². The van der Waals surface area contributed by atoms with Crippen molar-refractivity contribution in [3.63, 3.8) is 0 Å². The van der Waals surface area contributed by atoms with Gasteiger partial charge in [0, 0.05) is 6.54 Å². The van der Waals surface area contributed by atoms with Gasteiger partial charge in [-0.2, -0.15) is 0 Å². The average molecular weight is 137 g/mol. The smallest absolute Gasteiger partial charge is 0.280 e. The molecule has 0 N–H and O–H groups in total. The van der Waals surface area contributed by atoms with Crippen molar-refractivity contribution in [2.75, 3.05) is 6.54 Å². The van der Waals surface area contributed by atoms with E-state index >= 15 is 0 Å². The molecule has 0 unspecified atom stereocenters. The van der Waals surface area contributed by atoms with E-state index in [-0.39, 0.29) is 5.24 Å². The normalized spacial score (nSPS) is 8.43. The lowest BCUT2D eigenvalue weighted by molar-refractivity contribution is 0.250. The van der Waals surface area contributed by atoms with Crippen LogP contribution in [0.5, 0.6) is 0 Å². The van der Waals surface area contributed by atoms with Gasteiger partial charge < -0.3 is 0 Å². The zero-order chi connectivity index (χ0) is 5.86. The lowest BCUT2D eigenvalue weighted by Crippen LogP contribution is -2.12. The van der Waals surface area contributed by atoms with Crippen molar-refractivity contribution in [3.05, 3.63) is 0 Å². The summed E-state index contributed by atoms with van der Waals surface area (Å²) in [4.78, 5) is 10.1. The third kappa shape index (κ3) is 2.82. The maximum absolute atomic E-state index is 10.1. The maximum atomic E-state index is 10.1. The van der Waals surface area contributed by atoms with Gasteiger partial charge in [0.05, 0.1) is 0 Å². The van der Waals surface area contributed by atoms with E-state index < -0.39 is 0 Å². The summed E-state index contributed by atoms with van der Waals surface area (Å²) >= 11 is 7.22. The lowest BCUT2D eigenvalue weighted by atomic mass is 10.8. The number of carbonyl (C=O) groups is 1. The number of carbonyl (C=O) groups excluding carboxylic acids is 1. The first-order valence-corrected chi connectivity index (χ1v) is 2.72. The fourth-order valence-corrected chi connectivity index (χ4v) is 0.277. The first kappa shape index (κ1) is 7.17. The van der Waals surface area contributed by atoms with Crippen molar-refractivity contribution >= 4 is 30.7 Å². The van der Waals surface area contributed by atoms with Crippen molar-refractivity contribution in [1.29, 1.82) is 0 Å². The Morgan fingerprint density at radius 3 is 2.29 bits per heavy atom. The molecule has 0 radical (unpaired) electrons. The SMILES string of the molecule is CCN(S)C(=O)S. The van der Waals surface area contributed by atoms with Crippen molar-refractivity contribution < 1.29 is 4.79 Å². The lowest BCUT2D eigenvalue weighted by Gasteiger charge is -2.05. The average Bonchev–Trinajstić information content (AvgIpc) is 1.65. The maximum Gasteiger partial charge on any atom is 0.288 e. The van der Waals surface area contributed by atoms with Crippen LogP contribution in [0.2, 0.25) is 0 Å². The van der Waals surface area contributed by atoms with Crippen molar-refractivity contribution in [2.45, 2.75) is 6.92 Å². The minimum atomic E-state index is -0.314. The number of hydrogen-bond acceptors (Lipinski definition) is 2. The Hall–Kier alpha value is 0.170. The molecule has 0 bridgehead atoms. The molecule has 0 fully saturated rings. The molecule has 7 heavy (non-hydrogen) atoms. The van der Waals surface area contributed by atoms with Crippen molar-refractivity contribution in [1.82, 2.24) is 4.31 Å². The second-order valence-corrected chi connectivity index (χ2v) is 1.86.